The zero-order chi connectivity index (χ0) is 16.9. The topological polar surface area (TPSA) is 52.9 Å². The van der Waals surface area contributed by atoms with Crippen LogP contribution < -0.4 is 5.32 Å². The number of benzene rings is 2. The summed E-state index contributed by atoms with van der Waals surface area (Å²) in [7, 11) is 0. The van der Waals surface area contributed by atoms with Gasteiger partial charge in [0, 0.05) is 11.8 Å². The van der Waals surface area contributed by atoms with Crippen molar-refractivity contribution in [3.8, 4) is 6.07 Å². The summed E-state index contributed by atoms with van der Waals surface area (Å²) in [6.07, 6.45) is -2.00. The van der Waals surface area contributed by atoms with Crippen LogP contribution in [-0.2, 0) is 11.0 Å². The number of anilines is 1. The molecule has 0 aliphatic carbocycles. The molecule has 1 N–H and O–H groups in total. The standard InChI is InChI=1S/C17H11F3N2O/c18-17(19,20)14-5-1-3-12(9-14)7-8-16(23)22-15-6-2-4-13(10-15)11-21/h1-10H,(H,22,23). The third-order valence-electron chi connectivity index (χ3n) is 2.90. The first-order chi connectivity index (χ1) is 10.9. The van der Waals surface area contributed by atoms with Gasteiger partial charge in [0.05, 0.1) is 17.2 Å². The maximum atomic E-state index is 12.6. The van der Waals surface area contributed by atoms with Gasteiger partial charge in [0.15, 0.2) is 0 Å². The Kier molecular flexibility index (Phi) is 4.82. The van der Waals surface area contributed by atoms with Crippen molar-refractivity contribution < 1.29 is 18.0 Å². The largest absolute Gasteiger partial charge is 0.416 e. The van der Waals surface area contributed by atoms with E-state index in [9.17, 15) is 18.0 Å². The van der Waals surface area contributed by atoms with E-state index in [0.29, 0.717) is 11.3 Å². The molecule has 0 fully saturated rings. The van der Waals surface area contributed by atoms with E-state index < -0.39 is 17.6 Å². The third-order valence-corrected chi connectivity index (χ3v) is 2.90. The number of halogens is 3. The summed E-state index contributed by atoms with van der Waals surface area (Å²) >= 11 is 0. The highest BCUT2D eigenvalue weighted by Gasteiger charge is 2.30. The van der Waals surface area contributed by atoms with Crippen LogP contribution in [-0.4, -0.2) is 5.91 Å². The van der Waals surface area contributed by atoms with Crippen LogP contribution >= 0.6 is 0 Å². The maximum absolute atomic E-state index is 12.6. The van der Waals surface area contributed by atoms with Crippen molar-refractivity contribution in [2.45, 2.75) is 6.18 Å². The van der Waals surface area contributed by atoms with Crippen LogP contribution in [0.2, 0.25) is 0 Å². The second kappa shape index (κ2) is 6.79. The monoisotopic (exact) mass is 316 g/mol. The zero-order valence-electron chi connectivity index (χ0n) is 11.8. The molecule has 2 aromatic carbocycles. The van der Waals surface area contributed by atoms with Crippen molar-refractivity contribution in [2.75, 3.05) is 5.32 Å². The molecule has 0 bridgehead atoms. The number of nitrogens with zero attached hydrogens (tertiary/aromatic N) is 1. The molecule has 0 aromatic heterocycles. The fourth-order valence-corrected chi connectivity index (χ4v) is 1.84. The predicted octanol–water partition coefficient (Wildman–Crippen LogP) is 4.23. The number of carbonyl (C=O) groups excluding carboxylic acids is 1. The van der Waals surface area contributed by atoms with Crippen molar-refractivity contribution in [1.82, 2.24) is 0 Å². The van der Waals surface area contributed by atoms with Crippen molar-refractivity contribution in [3.05, 3.63) is 71.3 Å². The molecule has 1 amide bonds. The Morgan fingerprint density at radius 2 is 1.87 bits per heavy atom. The molecule has 0 aliphatic rings. The van der Waals surface area contributed by atoms with Crippen molar-refractivity contribution in [3.63, 3.8) is 0 Å². The van der Waals surface area contributed by atoms with E-state index in [1.54, 1.807) is 18.2 Å². The Hall–Kier alpha value is -3.07. The molecule has 2 aromatic rings. The molecule has 0 radical (unpaired) electrons. The predicted molar refractivity (Wildman–Crippen MR) is 80.3 cm³/mol. The van der Waals surface area contributed by atoms with Crippen molar-refractivity contribution >= 4 is 17.7 Å². The van der Waals surface area contributed by atoms with Gasteiger partial charge >= 0.3 is 6.18 Å². The summed E-state index contributed by atoms with van der Waals surface area (Å²) in [6.45, 7) is 0. The second-order valence-corrected chi connectivity index (χ2v) is 4.64. The molecular formula is C17H11F3N2O. The minimum atomic E-state index is -4.43. The van der Waals surface area contributed by atoms with E-state index >= 15 is 0 Å². The second-order valence-electron chi connectivity index (χ2n) is 4.64. The van der Waals surface area contributed by atoms with E-state index in [-0.39, 0.29) is 5.56 Å². The molecule has 0 saturated carbocycles. The quantitative estimate of drug-likeness (QED) is 0.862. The van der Waals surface area contributed by atoms with Gasteiger partial charge in [-0.05, 0) is 42.0 Å². The van der Waals surface area contributed by atoms with E-state index in [1.807, 2.05) is 6.07 Å². The van der Waals surface area contributed by atoms with Gasteiger partial charge in [-0.2, -0.15) is 18.4 Å². The number of rotatable bonds is 3. The van der Waals surface area contributed by atoms with Crippen LogP contribution in [0.5, 0.6) is 0 Å². The average molecular weight is 316 g/mol. The lowest BCUT2D eigenvalue weighted by Gasteiger charge is -2.06. The third kappa shape index (κ3) is 4.71. The first kappa shape index (κ1) is 16.3. The minimum absolute atomic E-state index is 0.265. The lowest BCUT2D eigenvalue weighted by molar-refractivity contribution is -0.137. The SMILES string of the molecule is N#Cc1cccc(NC(=O)C=Cc2cccc(C(F)(F)F)c2)c1. The number of hydrogen-bond donors (Lipinski definition) is 1. The number of nitriles is 1. The van der Waals surface area contributed by atoms with Crippen molar-refractivity contribution in [1.29, 1.82) is 5.26 Å². The van der Waals surface area contributed by atoms with Crippen LogP contribution in [0, 0.1) is 11.3 Å². The number of nitrogens with one attached hydrogen (secondary N) is 1. The average Bonchev–Trinajstić information content (AvgIpc) is 2.52. The molecule has 6 heteroatoms. The fourth-order valence-electron chi connectivity index (χ4n) is 1.84. The highest BCUT2D eigenvalue weighted by atomic mass is 19.4. The summed E-state index contributed by atoms with van der Waals surface area (Å²) < 4.78 is 37.8. The first-order valence-electron chi connectivity index (χ1n) is 6.55. The van der Waals surface area contributed by atoms with Gasteiger partial charge in [-0.1, -0.05) is 18.2 Å². The van der Waals surface area contributed by atoms with Crippen LogP contribution in [0.25, 0.3) is 6.08 Å². The first-order valence-corrected chi connectivity index (χ1v) is 6.55. The lowest BCUT2D eigenvalue weighted by atomic mass is 10.1. The van der Waals surface area contributed by atoms with Crippen LogP contribution in [0.4, 0.5) is 18.9 Å². The highest BCUT2D eigenvalue weighted by Crippen LogP contribution is 2.29. The van der Waals surface area contributed by atoms with Crippen LogP contribution in [0.15, 0.2) is 54.6 Å². The lowest BCUT2D eigenvalue weighted by Crippen LogP contribution is -2.08. The normalized spacial score (nSPS) is 11.2. The molecule has 0 aliphatic heterocycles. The number of hydrogen-bond acceptors (Lipinski definition) is 2. The molecule has 2 rings (SSSR count). The van der Waals surface area contributed by atoms with Crippen LogP contribution in [0.3, 0.4) is 0 Å². The van der Waals surface area contributed by atoms with Gasteiger partial charge in [-0.3, -0.25) is 4.79 Å². The molecule has 0 spiro atoms. The Morgan fingerprint density at radius 3 is 2.57 bits per heavy atom. The molecule has 0 unspecified atom stereocenters. The van der Waals surface area contributed by atoms with E-state index in [1.165, 1.54) is 24.3 Å². The molecule has 23 heavy (non-hydrogen) atoms. The van der Waals surface area contributed by atoms with Crippen LogP contribution in [0.1, 0.15) is 16.7 Å². The van der Waals surface area contributed by atoms with Gasteiger partial charge < -0.3 is 5.32 Å². The van der Waals surface area contributed by atoms with Gasteiger partial charge in [0.2, 0.25) is 5.91 Å². The number of alkyl halides is 3. The molecule has 116 valence electrons. The summed E-state index contributed by atoms with van der Waals surface area (Å²) in [5, 5.41) is 11.3. The number of amides is 1. The van der Waals surface area contributed by atoms with Gasteiger partial charge in [-0.25, -0.2) is 0 Å². The Morgan fingerprint density at radius 1 is 1.13 bits per heavy atom. The van der Waals surface area contributed by atoms with Gasteiger partial charge in [0.25, 0.3) is 0 Å². The summed E-state index contributed by atoms with van der Waals surface area (Å²) in [4.78, 5) is 11.8. The maximum Gasteiger partial charge on any atom is 0.416 e. The minimum Gasteiger partial charge on any atom is -0.322 e. The summed E-state index contributed by atoms with van der Waals surface area (Å²) in [5.74, 6) is -0.502. The summed E-state index contributed by atoms with van der Waals surface area (Å²) in [6, 6.07) is 12.9. The molecule has 3 nitrogen and oxygen atoms in total. The molecular weight excluding hydrogens is 305 g/mol. The van der Waals surface area contributed by atoms with Crippen molar-refractivity contribution in [2.24, 2.45) is 0 Å². The van der Waals surface area contributed by atoms with E-state index in [0.717, 1.165) is 18.2 Å². The zero-order valence-corrected chi connectivity index (χ0v) is 11.8. The molecule has 0 saturated heterocycles. The summed E-state index contributed by atoms with van der Waals surface area (Å²) in [5.41, 5.74) is 0.315. The molecule has 0 heterocycles. The van der Waals surface area contributed by atoms with E-state index in [4.69, 9.17) is 5.26 Å². The number of carbonyl (C=O) groups is 1. The van der Waals surface area contributed by atoms with Gasteiger partial charge in [0.1, 0.15) is 0 Å². The Bertz CT molecular complexity index is 789. The fraction of sp³-hybridized carbons (Fsp3) is 0.0588. The highest BCUT2D eigenvalue weighted by molar-refractivity contribution is 6.02. The van der Waals surface area contributed by atoms with E-state index in [2.05, 4.69) is 5.32 Å². The Labute approximate surface area is 130 Å². The smallest absolute Gasteiger partial charge is 0.322 e. The molecule has 0 atom stereocenters. The Balaban J connectivity index is 2.08. The van der Waals surface area contributed by atoms with Gasteiger partial charge in [-0.15, -0.1) is 0 Å².